The number of nitrogens with one attached hydrogen (secondary N) is 1. The maximum absolute atomic E-state index is 6.08. The minimum absolute atomic E-state index is 0. The van der Waals surface area contributed by atoms with Gasteiger partial charge in [-0.25, -0.2) is 4.98 Å². The largest absolute Gasteiger partial charge is 0.349 e. The molecule has 0 saturated carbocycles. The predicted octanol–water partition coefficient (Wildman–Crippen LogP) is 4.41. The zero-order valence-electron chi connectivity index (χ0n) is 16.0. The van der Waals surface area contributed by atoms with E-state index < -0.39 is 0 Å². The molecule has 0 saturated heterocycles. The quantitative estimate of drug-likeness (QED) is 0.304. The summed E-state index contributed by atoms with van der Waals surface area (Å²) in [6, 6.07) is 18.2. The summed E-state index contributed by atoms with van der Waals surface area (Å²) in [5.74, 6) is 1.78. The van der Waals surface area contributed by atoms with Crippen LogP contribution in [0.1, 0.15) is 17.0 Å². The van der Waals surface area contributed by atoms with E-state index in [1.807, 2.05) is 43.7 Å². The molecule has 0 aliphatic rings. The lowest BCUT2D eigenvalue weighted by Gasteiger charge is -2.22. The average molecular weight is 510 g/mol. The van der Waals surface area contributed by atoms with E-state index in [4.69, 9.17) is 11.6 Å². The fourth-order valence-corrected chi connectivity index (χ4v) is 3.17. The van der Waals surface area contributed by atoms with Crippen molar-refractivity contribution in [3.8, 4) is 0 Å². The molecule has 0 aliphatic carbocycles. The molecule has 3 rings (SSSR count). The van der Waals surface area contributed by atoms with Crippen LogP contribution in [0.15, 0.2) is 72.0 Å². The van der Waals surface area contributed by atoms with Crippen molar-refractivity contribution in [2.24, 2.45) is 4.99 Å². The fraction of sp³-hybridized carbons (Fsp3) is 0.238. The van der Waals surface area contributed by atoms with E-state index in [1.165, 1.54) is 5.56 Å². The second kappa shape index (κ2) is 11.1. The predicted molar refractivity (Wildman–Crippen MR) is 126 cm³/mol. The summed E-state index contributed by atoms with van der Waals surface area (Å²) in [6.07, 6.45) is 3.83. The van der Waals surface area contributed by atoms with Gasteiger partial charge in [0.25, 0.3) is 0 Å². The number of halogens is 2. The number of aliphatic imine (C=N–C) groups is 1. The minimum atomic E-state index is 0. The minimum Gasteiger partial charge on any atom is -0.349 e. The standard InChI is InChI=1S/C21H24ClN5.HI/c1-23-21(26(2)15-18-9-6-10-19(22)13-18)25-14-20-24-11-12-27(20)16-17-7-4-3-5-8-17;/h3-13H,14-16H2,1-2H3,(H,23,25);1H. The molecule has 0 bridgehead atoms. The van der Waals surface area contributed by atoms with Crippen LogP contribution in [0.3, 0.4) is 0 Å². The molecule has 7 heteroatoms. The highest BCUT2D eigenvalue weighted by molar-refractivity contribution is 14.0. The first-order chi connectivity index (χ1) is 13.2. The summed E-state index contributed by atoms with van der Waals surface area (Å²) in [6.45, 7) is 2.12. The van der Waals surface area contributed by atoms with Crippen molar-refractivity contribution in [3.63, 3.8) is 0 Å². The Balaban J connectivity index is 0.00000280. The van der Waals surface area contributed by atoms with Gasteiger partial charge in [0.2, 0.25) is 0 Å². The van der Waals surface area contributed by atoms with Gasteiger partial charge in [-0.2, -0.15) is 0 Å². The van der Waals surface area contributed by atoms with Crippen LogP contribution < -0.4 is 5.32 Å². The van der Waals surface area contributed by atoms with Crippen molar-refractivity contribution in [1.29, 1.82) is 0 Å². The van der Waals surface area contributed by atoms with Gasteiger partial charge < -0.3 is 14.8 Å². The molecule has 1 aromatic heterocycles. The molecule has 28 heavy (non-hydrogen) atoms. The summed E-state index contributed by atoms with van der Waals surface area (Å²) >= 11 is 6.08. The smallest absolute Gasteiger partial charge is 0.194 e. The Morgan fingerprint density at radius 1 is 1.14 bits per heavy atom. The van der Waals surface area contributed by atoms with Crippen molar-refractivity contribution in [2.45, 2.75) is 19.6 Å². The molecule has 0 amide bonds. The molecule has 0 unspecified atom stereocenters. The number of rotatable bonds is 6. The van der Waals surface area contributed by atoms with Crippen LogP contribution in [0.2, 0.25) is 5.02 Å². The normalized spacial score (nSPS) is 11.0. The molecule has 0 spiro atoms. The zero-order chi connectivity index (χ0) is 19.1. The highest BCUT2D eigenvalue weighted by Gasteiger charge is 2.09. The van der Waals surface area contributed by atoms with Gasteiger partial charge in [-0.15, -0.1) is 24.0 Å². The summed E-state index contributed by atoms with van der Waals surface area (Å²) in [7, 11) is 3.79. The number of aromatic nitrogens is 2. The Kier molecular flexibility index (Phi) is 8.79. The van der Waals surface area contributed by atoms with Gasteiger partial charge in [0, 0.05) is 44.6 Å². The van der Waals surface area contributed by atoms with Crippen molar-refractivity contribution in [2.75, 3.05) is 14.1 Å². The summed E-state index contributed by atoms with van der Waals surface area (Å²) in [5.41, 5.74) is 2.39. The van der Waals surface area contributed by atoms with E-state index in [0.29, 0.717) is 6.54 Å². The second-order valence-corrected chi connectivity index (χ2v) is 6.78. The highest BCUT2D eigenvalue weighted by Crippen LogP contribution is 2.12. The second-order valence-electron chi connectivity index (χ2n) is 6.34. The van der Waals surface area contributed by atoms with Gasteiger partial charge in [0.05, 0.1) is 6.54 Å². The van der Waals surface area contributed by atoms with E-state index in [1.54, 1.807) is 7.05 Å². The van der Waals surface area contributed by atoms with Crippen LogP contribution in [0.5, 0.6) is 0 Å². The van der Waals surface area contributed by atoms with E-state index in [0.717, 1.165) is 35.5 Å². The lowest BCUT2D eigenvalue weighted by Crippen LogP contribution is -2.38. The van der Waals surface area contributed by atoms with Gasteiger partial charge in [0.1, 0.15) is 5.82 Å². The molecule has 2 aromatic carbocycles. The molecule has 0 atom stereocenters. The third kappa shape index (κ3) is 6.24. The first kappa shape index (κ1) is 22.2. The number of imidazole rings is 1. The van der Waals surface area contributed by atoms with Gasteiger partial charge in [-0.05, 0) is 23.3 Å². The van der Waals surface area contributed by atoms with Gasteiger partial charge in [-0.1, -0.05) is 54.1 Å². The van der Waals surface area contributed by atoms with Gasteiger partial charge in [-0.3, -0.25) is 4.99 Å². The maximum Gasteiger partial charge on any atom is 0.194 e. The van der Waals surface area contributed by atoms with Crippen LogP contribution in [0.25, 0.3) is 0 Å². The summed E-state index contributed by atoms with van der Waals surface area (Å²) < 4.78 is 2.15. The van der Waals surface area contributed by atoms with Crippen LogP contribution in [-0.4, -0.2) is 34.5 Å². The molecule has 0 aliphatic heterocycles. The number of guanidine groups is 1. The van der Waals surface area contributed by atoms with Crippen LogP contribution >= 0.6 is 35.6 Å². The lowest BCUT2D eigenvalue weighted by molar-refractivity contribution is 0.474. The third-order valence-electron chi connectivity index (χ3n) is 4.28. The maximum atomic E-state index is 6.08. The molecule has 1 heterocycles. The van der Waals surface area contributed by atoms with E-state index in [2.05, 4.69) is 55.1 Å². The fourth-order valence-electron chi connectivity index (χ4n) is 2.96. The Labute approximate surface area is 188 Å². The molecular weight excluding hydrogens is 485 g/mol. The van der Waals surface area contributed by atoms with Crippen LogP contribution in [0.4, 0.5) is 0 Å². The zero-order valence-corrected chi connectivity index (χ0v) is 19.1. The highest BCUT2D eigenvalue weighted by atomic mass is 127. The van der Waals surface area contributed by atoms with E-state index in [-0.39, 0.29) is 24.0 Å². The summed E-state index contributed by atoms with van der Waals surface area (Å²) in [5, 5.41) is 4.13. The molecule has 3 aromatic rings. The molecule has 5 nitrogen and oxygen atoms in total. The van der Waals surface area contributed by atoms with E-state index >= 15 is 0 Å². The Hall–Kier alpha value is -2.06. The van der Waals surface area contributed by atoms with Crippen molar-refractivity contribution in [3.05, 3.63) is 89.0 Å². The van der Waals surface area contributed by atoms with Crippen molar-refractivity contribution < 1.29 is 0 Å². The number of hydrogen-bond acceptors (Lipinski definition) is 2. The molecule has 0 fully saturated rings. The van der Waals surface area contributed by atoms with Crippen molar-refractivity contribution in [1.82, 2.24) is 19.8 Å². The molecular formula is C21H25ClIN5. The SMILES string of the molecule is CN=C(NCc1nccn1Cc1ccccc1)N(C)Cc1cccc(Cl)c1.I. The van der Waals surface area contributed by atoms with Gasteiger partial charge in [0.15, 0.2) is 5.96 Å². The topological polar surface area (TPSA) is 45.5 Å². The average Bonchev–Trinajstić information content (AvgIpc) is 3.10. The monoisotopic (exact) mass is 509 g/mol. The Bertz CT molecular complexity index is 895. The Morgan fingerprint density at radius 3 is 2.61 bits per heavy atom. The van der Waals surface area contributed by atoms with E-state index in [9.17, 15) is 0 Å². The summed E-state index contributed by atoms with van der Waals surface area (Å²) in [4.78, 5) is 10.9. The number of hydrogen-bond donors (Lipinski definition) is 1. The van der Waals surface area contributed by atoms with Crippen LogP contribution in [0, 0.1) is 0 Å². The first-order valence-corrected chi connectivity index (χ1v) is 9.23. The number of benzene rings is 2. The van der Waals surface area contributed by atoms with Gasteiger partial charge >= 0.3 is 0 Å². The molecule has 148 valence electrons. The Morgan fingerprint density at radius 2 is 1.89 bits per heavy atom. The third-order valence-corrected chi connectivity index (χ3v) is 4.52. The first-order valence-electron chi connectivity index (χ1n) is 8.86. The molecule has 1 N–H and O–H groups in total. The van der Waals surface area contributed by atoms with Crippen molar-refractivity contribution >= 4 is 41.5 Å². The number of nitrogens with zero attached hydrogens (tertiary/aromatic N) is 4. The van der Waals surface area contributed by atoms with Crippen LogP contribution in [-0.2, 0) is 19.6 Å². The lowest BCUT2D eigenvalue weighted by atomic mass is 10.2. The molecule has 0 radical (unpaired) electrons.